The Hall–Kier alpha value is -2.25. The van der Waals surface area contributed by atoms with Crippen LogP contribution in [0.25, 0.3) is 5.65 Å². The van der Waals surface area contributed by atoms with Gasteiger partial charge in [-0.25, -0.2) is 0 Å². The molecule has 0 saturated heterocycles. The molecule has 0 aromatic carbocycles. The molecule has 8 nitrogen and oxygen atoms in total. The van der Waals surface area contributed by atoms with Crippen LogP contribution in [0.3, 0.4) is 0 Å². The SMILES string of the molecule is CC1(C(=O)O)CCCC1Nc1ccc2nnnn2n1. The first-order valence-corrected chi connectivity index (χ1v) is 6.15. The van der Waals surface area contributed by atoms with Crippen molar-refractivity contribution in [2.45, 2.75) is 32.2 Å². The average molecular weight is 262 g/mol. The number of hydrogen-bond acceptors (Lipinski definition) is 6. The van der Waals surface area contributed by atoms with Gasteiger partial charge in [0.15, 0.2) is 5.65 Å². The summed E-state index contributed by atoms with van der Waals surface area (Å²) in [6.45, 7) is 1.77. The molecule has 0 aliphatic heterocycles. The van der Waals surface area contributed by atoms with Crippen LogP contribution in [0.2, 0.25) is 0 Å². The summed E-state index contributed by atoms with van der Waals surface area (Å²) in [5, 5.41) is 27.7. The number of nitrogens with zero attached hydrogens (tertiary/aromatic N) is 5. The average Bonchev–Trinajstić information content (AvgIpc) is 2.97. The Kier molecular flexibility index (Phi) is 2.58. The maximum absolute atomic E-state index is 11.4. The summed E-state index contributed by atoms with van der Waals surface area (Å²) in [6.07, 6.45) is 2.39. The smallest absolute Gasteiger partial charge is 0.311 e. The van der Waals surface area contributed by atoms with E-state index < -0.39 is 11.4 Å². The molecule has 2 N–H and O–H groups in total. The van der Waals surface area contributed by atoms with E-state index in [1.165, 1.54) is 4.63 Å². The van der Waals surface area contributed by atoms with Crippen LogP contribution in [0.5, 0.6) is 0 Å². The third kappa shape index (κ3) is 1.88. The number of carbonyl (C=O) groups is 1. The number of aromatic nitrogens is 5. The Morgan fingerprint density at radius 3 is 3.21 bits per heavy atom. The van der Waals surface area contributed by atoms with Gasteiger partial charge < -0.3 is 10.4 Å². The number of aliphatic carboxylic acids is 1. The minimum absolute atomic E-state index is 0.133. The predicted molar refractivity (Wildman–Crippen MR) is 65.6 cm³/mol. The van der Waals surface area contributed by atoms with Crippen molar-refractivity contribution in [2.75, 3.05) is 5.32 Å². The largest absolute Gasteiger partial charge is 0.481 e. The van der Waals surface area contributed by atoms with Crippen molar-refractivity contribution in [3.8, 4) is 0 Å². The lowest BCUT2D eigenvalue weighted by Gasteiger charge is -2.27. The lowest BCUT2D eigenvalue weighted by atomic mass is 9.85. The number of carboxylic acid groups (broad SMARTS) is 1. The molecule has 100 valence electrons. The van der Waals surface area contributed by atoms with Crippen molar-refractivity contribution in [2.24, 2.45) is 5.41 Å². The fourth-order valence-corrected chi connectivity index (χ4v) is 2.56. The van der Waals surface area contributed by atoms with E-state index in [0.29, 0.717) is 17.9 Å². The van der Waals surface area contributed by atoms with Crippen LogP contribution in [0.4, 0.5) is 5.82 Å². The second kappa shape index (κ2) is 4.15. The predicted octanol–water partition coefficient (Wildman–Crippen LogP) is 0.575. The first-order chi connectivity index (χ1) is 9.09. The molecule has 3 rings (SSSR count). The summed E-state index contributed by atoms with van der Waals surface area (Å²) in [7, 11) is 0. The van der Waals surface area contributed by atoms with E-state index in [4.69, 9.17) is 0 Å². The van der Waals surface area contributed by atoms with E-state index in [1.54, 1.807) is 19.1 Å². The van der Waals surface area contributed by atoms with E-state index in [1.807, 2.05) is 0 Å². The summed E-state index contributed by atoms with van der Waals surface area (Å²) in [5.74, 6) is -0.190. The summed E-state index contributed by atoms with van der Waals surface area (Å²) in [5.41, 5.74) is -0.199. The molecule has 0 spiro atoms. The molecular weight excluding hydrogens is 248 g/mol. The zero-order valence-electron chi connectivity index (χ0n) is 10.4. The Labute approximate surface area is 108 Å². The molecule has 1 aliphatic carbocycles. The molecule has 2 aromatic heterocycles. The molecule has 2 heterocycles. The summed E-state index contributed by atoms with van der Waals surface area (Å²) < 4.78 is 1.31. The maximum Gasteiger partial charge on any atom is 0.311 e. The molecule has 1 fully saturated rings. The third-order valence-corrected chi connectivity index (χ3v) is 3.84. The monoisotopic (exact) mass is 262 g/mol. The molecule has 2 unspecified atom stereocenters. The van der Waals surface area contributed by atoms with Gasteiger partial charge in [0.25, 0.3) is 0 Å². The molecule has 1 aliphatic rings. The normalized spacial score (nSPS) is 26.7. The molecule has 0 amide bonds. The highest BCUT2D eigenvalue weighted by molar-refractivity contribution is 5.76. The molecule has 8 heteroatoms. The Morgan fingerprint density at radius 1 is 1.58 bits per heavy atom. The van der Waals surface area contributed by atoms with Crippen molar-refractivity contribution in [3.05, 3.63) is 12.1 Å². The molecule has 1 saturated carbocycles. The number of carboxylic acids is 1. The first-order valence-electron chi connectivity index (χ1n) is 6.15. The van der Waals surface area contributed by atoms with E-state index in [-0.39, 0.29) is 6.04 Å². The van der Waals surface area contributed by atoms with Crippen molar-refractivity contribution in [3.63, 3.8) is 0 Å². The number of fused-ring (bicyclic) bond motifs is 1. The summed E-state index contributed by atoms with van der Waals surface area (Å²) >= 11 is 0. The lowest BCUT2D eigenvalue weighted by molar-refractivity contribution is -0.147. The van der Waals surface area contributed by atoms with Gasteiger partial charge in [0.2, 0.25) is 0 Å². The van der Waals surface area contributed by atoms with Crippen molar-refractivity contribution in [1.82, 2.24) is 25.3 Å². The van der Waals surface area contributed by atoms with Crippen LogP contribution >= 0.6 is 0 Å². The van der Waals surface area contributed by atoms with E-state index >= 15 is 0 Å². The number of anilines is 1. The van der Waals surface area contributed by atoms with Crippen molar-refractivity contribution in [1.29, 1.82) is 0 Å². The third-order valence-electron chi connectivity index (χ3n) is 3.84. The van der Waals surface area contributed by atoms with E-state index in [0.717, 1.165) is 12.8 Å². The Morgan fingerprint density at radius 2 is 2.42 bits per heavy atom. The zero-order chi connectivity index (χ0) is 13.5. The van der Waals surface area contributed by atoms with Crippen molar-refractivity contribution >= 4 is 17.4 Å². The van der Waals surface area contributed by atoms with Crippen LogP contribution < -0.4 is 5.32 Å². The molecule has 19 heavy (non-hydrogen) atoms. The minimum atomic E-state index is -0.772. The standard InChI is InChI=1S/C11H14N6O2/c1-11(10(18)19)6-2-3-7(11)12-8-4-5-9-13-15-16-17(9)14-8/h4-5,7H,2-3,6H2,1H3,(H,12,14)(H,18,19). The van der Waals surface area contributed by atoms with Gasteiger partial charge >= 0.3 is 5.97 Å². The zero-order valence-corrected chi connectivity index (χ0v) is 10.4. The number of hydrogen-bond donors (Lipinski definition) is 2. The van der Waals surface area contributed by atoms with Gasteiger partial charge in [0.05, 0.1) is 5.41 Å². The van der Waals surface area contributed by atoms with Gasteiger partial charge in [-0.05, 0) is 42.3 Å². The number of rotatable bonds is 3. The van der Waals surface area contributed by atoms with Crippen LogP contribution in [0.15, 0.2) is 12.1 Å². The fourth-order valence-electron chi connectivity index (χ4n) is 2.56. The van der Waals surface area contributed by atoms with Crippen LogP contribution in [0.1, 0.15) is 26.2 Å². The number of nitrogens with one attached hydrogen (secondary N) is 1. The van der Waals surface area contributed by atoms with Crippen LogP contribution in [-0.2, 0) is 4.79 Å². The van der Waals surface area contributed by atoms with Gasteiger partial charge in [-0.2, -0.15) is 0 Å². The fraction of sp³-hybridized carbons (Fsp3) is 0.545. The van der Waals surface area contributed by atoms with Gasteiger partial charge in [-0.15, -0.1) is 14.8 Å². The first kappa shape index (κ1) is 11.8. The molecule has 0 radical (unpaired) electrons. The van der Waals surface area contributed by atoms with Crippen LogP contribution in [0, 0.1) is 5.41 Å². The van der Waals surface area contributed by atoms with Gasteiger partial charge in [-0.1, -0.05) is 6.42 Å². The number of tetrazole rings is 1. The van der Waals surface area contributed by atoms with Gasteiger partial charge in [0, 0.05) is 6.04 Å². The highest BCUT2D eigenvalue weighted by Crippen LogP contribution is 2.39. The highest BCUT2D eigenvalue weighted by atomic mass is 16.4. The summed E-state index contributed by atoms with van der Waals surface area (Å²) in [4.78, 5) is 11.4. The minimum Gasteiger partial charge on any atom is -0.481 e. The van der Waals surface area contributed by atoms with E-state index in [9.17, 15) is 9.90 Å². The lowest BCUT2D eigenvalue weighted by Crippen LogP contribution is -2.40. The molecular formula is C11H14N6O2. The Balaban J connectivity index is 1.86. The van der Waals surface area contributed by atoms with Crippen LogP contribution in [-0.4, -0.2) is 42.4 Å². The Bertz CT molecular complexity index is 626. The quantitative estimate of drug-likeness (QED) is 0.833. The van der Waals surface area contributed by atoms with Gasteiger partial charge in [-0.3, -0.25) is 4.79 Å². The molecule has 0 bridgehead atoms. The summed E-state index contributed by atoms with van der Waals surface area (Å²) in [6, 6.07) is 3.36. The topological polar surface area (TPSA) is 105 Å². The second-order valence-electron chi connectivity index (χ2n) is 5.06. The highest BCUT2D eigenvalue weighted by Gasteiger charge is 2.45. The van der Waals surface area contributed by atoms with Gasteiger partial charge in [0.1, 0.15) is 5.82 Å². The molecule has 2 atom stereocenters. The maximum atomic E-state index is 11.4. The van der Waals surface area contributed by atoms with E-state index in [2.05, 4.69) is 25.9 Å². The van der Waals surface area contributed by atoms with Crippen molar-refractivity contribution < 1.29 is 9.90 Å². The second-order valence-corrected chi connectivity index (χ2v) is 5.06. The molecule has 2 aromatic rings.